The molecular weight excluding hydrogens is 332 g/mol. The molecule has 0 saturated heterocycles. The number of carbonyl (C=O) groups is 1. The van der Waals surface area contributed by atoms with E-state index in [1.165, 1.54) is 0 Å². The molecule has 110 valence electrons. The number of halogens is 1. The second kappa shape index (κ2) is 7.13. The molecule has 0 aliphatic carbocycles. The van der Waals surface area contributed by atoms with Gasteiger partial charge in [0.05, 0.1) is 6.61 Å². The normalized spacial score (nSPS) is 11.7. The van der Waals surface area contributed by atoms with Gasteiger partial charge in [0.25, 0.3) is 0 Å². The average Bonchev–Trinajstić information content (AvgIpc) is 2.48. The molecule has 0 radical (unpaired) electrons. The van der Waals surface area contributed by atoms with Crippen LogP contribution in [0.15, 0.2) is 53.0 Å². The van der Waals surface area contributed by atoms with Crippen molar-refractivity contribution in [2.24, 2.45) is 5.73 Å². The van der Waals surface area contributed by atoms with Crippen LogP contribution in [0, 0.1) is 0 Å². The number of hydrogen-bond donors (Lipinski definition) is 2. The Bertz CT molecular complexity index is 597. The molecule has 1 atom stereocenters. The summed E-state index contributed by atoms with van der Waals surface area (Å²) >= 11 is 3.37. The lowest BCUT2D eigenvalue weighted by Gasteiger charge is -2.17. The lowest BCUT2D eigenvalue weighted by Crippen LogP contribution is -2.27. The predicted molar refractivity (Wildman–Crippen MR) is 87.3 cm³/mol. The summed E-state index contributed by atoms with van der Waals surface area (Å²) < 4.78 is 6.37. The first kappa shape index (κ1) is 15.4. The highest BCUT2D eigenvalue weighted by Crippen LogP contribution is 2.23. The van der Waals surface area contributed by atoms with E-state index in [9.17, 15) is 4.79 Å². The third-order valence-corrected chi connectivity index (χ3v) is 3.49. The largest absolute Gasteiger partial charge is 0.494 e. The van der Waals surface area contributed by atoms with Crippen molar-refractivity contribution in [3.05, 3.63) is 58.6 Å². The Labute approximate surface area is 132 Å². The highest BCUT2D eigenvalue weighted by atomic mass is 79.9. The van der Waals surface area contributed by atoms with E-state index in [-0.39, 0.29) is 0 Å². The van der Waals surface area contributed by atoms with E-state index >= 15 is 0 Å². The number of nitrogens with one attached hydrogen (secondary N) is 1. The minimum Gasteiger partial charge on any atom is -0.494 e. The van der Waals surface area contributed by atoms with Gasteiger partial charge in [-0.05, 0) is 48.9 Å². The molecule has 0 fully saturated rings. The molecular formula is C16H17BrN2O2. The van der Waals surface area contributed by atoms with Crippen molar-refractivity contribution in [1.82, 2.24) is 0 Å². The summed E-state index contributed by atoms with van der Waals surface area (Å²) in [6, 6.07) is 14.3. The van der Waals surface area contributed by atoms with Gasteiger partial charge in [-0.1, -0.05) is 28.1 Å². The van der Waals surface area contributed by atoms with Crippen LogP contribution in [0.4, 0.5) is 5.69 Å². The van der Waals surface area contributed by atoms with Crippen molar-refractivity contribution in [2.75, 3.05) is 11.9 Å². The minimum absolute atomic E-state index is 0.429. The Morgan fingerprint density at radius 1 is 1.19 bits per heavy atom. The van der Waals surface area contributed by atoms with Gasteiger partial charge >= 0.3 is 0 Å². The van der Waals surface area contributed by atoms with Crippen LogP contribution >= 0.6 is 15.9 Å². The van der Waals surface area contributed by atoms with Crippen molar-refractivity contribution in [3.8, 4) is 5.75 Å². The Kier molecular flexibility index (Phi) is 5.22. The molecule has 21 heavy (non-hydrogen) atoms. The van der Waals surface area contributed by atoms with Crippen LogP contribution in [-0.2, 0) is 4.79 Å². The predicted octanol–water partition coefficient (Wildman–Crippen LogP) is 3.49. The van der Waals surface area contributed by atoms with Crippen LogP contribution < -0.4 is 15.8 Å². The molecule has 0 aromatic heterocycles. The molecule has 0 bridgehead atoms. The number of primary amides is 1. The SMILES string of the molecule is CCOc1ccc(C(Nc2ccc(Br)cc2)C(N)=O)cc1. The number of benzene rings is 2. The molecule has 5 heteroatoms. The van der Waals surface area contributed by atoms with E-state index in [4.69, 9.17) is 10.5 Å². The van der Waals surface area contributed by atoms with Gasteiger partial charge in [-0.2, -0.15) is 0 Å². The van der Waals surface area contributed by atoms with Crippen molar-refractivity contribution >= 4 is 27.5 Å². The van der Waals surface area contributed by atoms with Gasteiger partial charge in [0.15, 0.2) is 0 Å². The lowest BCUT2D eigenvalue weighted by atomic mass is 10.1. The van der Waals surface area contributed by atoms with Crippen LogP contribution in [0.1, 0.15) is 18.5 Å². The molecule has 0 heterocycles. The summed E-state index contributed by atoms with van der Waals surface area (Å²) in [7, 11) is 0. The van der Waals surface area contributed by atoms with Gasteiger partial charge in [-0.3, -0.25) is 4.79 Å². The zero-order valence-electron chi connectivity index (χ0n) is 11.7. The summed E-state index contributed by atoms with van der Waals surface area (Å²) in [6.45, 7) is 2.53. The molecule has 2 rings (SSSR count). The fourth-order valence-corrected chi connectivity index (χ4v) is 2.22. The summed E-state index contributed by atoms with van der Waals surface area (Å²) in [4.78, 5) is 11.7. The molecule has 0 spiro atoms. The number of nitrogens with two attached hydrogens (primary N) is 1. The van der Waals surface area contributed by atoms with Gasteiger partial charge < -0.3 is 15.8 Å². The van der Waals surface area contributed by atoms with E-state index in [1.54, 1.807) is 0 Å². The number of anilines is 1. The molecule has 2 aromatic carbocycles. The number of rotatable bonds is 6. The average molecular weight is 349 g/mol. The zero-order chi connectivity index (χ0) is 15.2. The van der Waals surface area contributed by atoms with Gasteiger partial charge in [-0.15, -0.1) is 0 Å². The highest BCUT2D eigenvalue weighted by molar-refractivity contribution is 9.10. The third-order valence-electron chi connectivity index (χ3n) is 2.96. The second-order valence-electron chi connectivity index (χ2n) is 4.49. The van der Waals surface area contributed by atoms with Gasteiger partial charge in [0.1, 0.15) is 11.8 Å². The lowest BCUT2D eigenvalue weighted by molar-refractivity contribution is -0.118. The molecule has 1 unspecified atom stereocenters. The van der Waals surface area contributed by atoms with Crippen molar-refractivity contribution in [1.29, 1.82) is 0 Å². The standard InChI is InChI=1S/C16H17BrN2O2/c1-2-21-14-9-3-11(4-10-14)15(16(18)20)19-13-7-5-12(17)6-8-13/h3-10,15,19H,2H2,1H3,(H2,18,20). The minimum atomic E-state index is -0.582. The fraction of sp³-hybridized carbons (Fsp3) is 0.188. The number of amides is 1. The molecule has 0 aliphatic rings. The summed E-state index contributed by atoms with van der Waals surface area (Å²) in [6.07, 6.45) is 0. The molecule has 1 amide bonds. The molecule has 4 nitrogen and oxygen atoms in total. The summed E-state index contributed by atoms with van der Waals surface area (Å²) in [5.41, 5.74) is 7.13. The molecule has 0 saturated carbocycles. The number of carbonyl (C=O) groups excluding carboxylic acids is 1. The van der Waals surface area contributed by atoms with Crippen molar-refractivity contribution < 1.29 is 9.53 Å². The van der Waals surface area contributed by atoms with Crippen molar-refractivity contribution in [2.45, 2.75) is 13.0 Å². The highest BCUT2D eigenvalue weighted by Gasteiger charge is 2.17. The maximum atomic E-state index is 11.7. The van der Waals surface area contributed by atoms with Gasteiger partial charge in [0, 0.05) is 10.2 Å². The first-order chi connectivity index (χ1) is 10.1. The third kappa shape index (κ3) is 4.23. The first-order valence-electron chi connectivity index (χ1n) is 6.64. The van der Waals surface area contributed by atoms with E-state index < -0.39 is 11.9 Å². The Hall–Kier alpha value is -2.01. The maximum absolute atomic E-state index is 11.7. The maximum Gasteiger partial charge on any atom is 0.244 e. The van der Waals surface area contributed by atoms with Crippen LogP contribution in [-0.4, -0.2) is 12.5 Å². The van der Waals surface area contributed by atoms with E-state index in [0.717, 1.165) is 21.5 Å². The Balaban J connectivity index is 2.18. The smallest absolute Gasteiger partial charge is 0.244 e. The Morgan fingerprint density at radius 3 is 2.33 bits per heavy atom. The summed E-state index contributed by atoms with van der Waals surface area (Å²) in [5, 5.41) is 3.14. The van der Waals surface area contributed by atoms with Crippen LogP contribution in [0.2, 0.25) is 0 Å². The number of ether oxygens (including phenoxy) is 1. The number of hydrogen-bond acceptors (Lipinski definition) is 3. The van der Waals surface area contributed by atoms with E-state index in [1.807, 2.05) is 55.5 Å². The second-order valence-corrected chi connectivity index (χ2v) is 5.40. The quantitative estimate of drug-likeness (QED) is 0.839. The topological polar surface area (TPSA) is 64.3 Å². The van der Waals surface area contributed by atoms with Gasteiger partial charge in [0.2, 0.25) is 5.91 Å². The summed E-state index contributed by atoms with van der Waals surface area (Å²) in [5.74, 6) is 0.343. The monoisotopic (exact) mass is 348 g/mol. The van der Waals surface area contributed by atoms with E-state index in [2.05, 4.69) is 21.2 Å². The zero-order valence-corrected chi connectivity index (χ0v) is 13.3. The van der Waals surface area contributed by atoms with Crippen molar-refractivity contribution in [3.63, 3.8) is 0 Å². The van der Waals surface area contributed by atoms with E-state index in [0.29, 0.717) is 6.61 Å². The van der Waals surface area contributed by atoms with Crippen LogP contribution in [0.25, 0.3) is 0 Å². The molecule has 3 N–H and O–H groups in total. The van der Waals surface area contributed by atoms with Crippen LogP contribution in [0.5, 0.6) is 5.75 Å². The Morgan fingerprint density at radius 2 is 1.81 bits per heavy atom. The van der Waals surface area contributed by atoms with Gasteiger partial charge in [-0.25, -0.2) is 0 Å². The molecule has 2 aromatic rings. The fourth-order valence-electron chi connectivity index (χ4n) is 1.95. The van der Waals surface area contributed by atoms with Crippen LogP contribution in [0.3, 0.4) is 0 Å². The molecule has 0 aliphatic heterocycles. The first-order valence-corrected chi connectivity index (χ1v) is 7.43.